The number of hydrogen-bond donors (Lipinski definition) is 3. The van der Waals surface area contributed by atoms with Crippen LogP contribution in [0.2, 0.25) is 0 Å². The zero-order valence-electron chi connectivity index (χ0n) is 11.9. The Morgan fingerprint density at radius 1 is 1.20 bits per heavy atom. The maximum atomic E-state index is 11.7. The molecule has 0 aromatic heterocycles. The maximum Gasteiger partial charge on any atom is 0.315 e. The van der Waals surface area contributed by atoms with Crippen LogP contribution in [-0.2, 0) is 9.59 Å². The van der Waals surface area contributed by atoms with Crippen LogP contribution in [0, 0.1) is 5.92 Å². The largest absolute Gasteiger partial charge is 0.481 e. The summed E-state index contributed by atoms with van der Waals surface area (Å²) in [5.74, 6) is -0.805. The minimum Gasteiger partial charge on any atom is -0.481 e. The molecule has 1 aliphatic rings. The molecule has 0 aromatic carbocycles. The molecule has 1 unspecified atom stereocenters. The minimum absolute atomic E-state index is 0.00927. The number of hydrogen-bond acceptors (Lipinski definition) is 3. The lowest BCUT2D eigenvalue weighted by Crippen LogP contribution is -2.43. The summed E-state index contributed by atoms with van der Waals surface area (Å²) in [6.07, 6.45) is 2.66. The zero-order valence-corrected chi connectivity index (χ0v) is 11.9. The van der Waals surface area contributed by atoms with Crippen LogP contribution in [-0.4, -0.2) is 54.1 Å². The first-order valence-corrected chi connectivity index (χ1v) is 7.00. The summed E-state index contributed by atoms with van der Waals surface area (Å²) in [6.45, 7) is 3.83. The SMILES string of the molecule is CC(CCC(=O)O)CNC(=O)NCC(=O)N1CCCC1. The van der Waals surface area contributed by atoms with Gasteiger partial charge < -0.3 is 20.6 Å². The summed E-state index contributed by atoms with van der Waals surface area (Å²) < 4.78 is 0. The summed E-state index contributed by atoms with van der Waals surface area (Å²) in [4.78, 5) is 35.3. The number of aliphatic carboxylic acids is 1. The molecule has 7 heteroatoms. The van der Waals surface area contributed by atoms with E-state index >= 15 is 0 Å². The van der Waals surface area contributed by atoms with Crippen molar-refractivity contribution in [1.29, 1.82) is 0 Å². The third-order valence-corrected chi connectivity index (χ3v) is 3.32. The molecule has 1 heterocycles. The number of rotatable bonds is 7. The third-order valence-electron chi connectivity index (χ3n) is 3.32. The molecule has 0 radical (unpaired) electrons. The number of nitrogens with zero attached hydrogens (tertiary/aromatic N) is 1. The fourth-order valence-corrected chi connectivity index (χ4v) is 2.04. The molecule has 7 nitrogen and oxygen atoms in total. The summed E-state index contributed by atoms with van der Waals surface area (Å²) >= 11 is 0. The van der Waals surface area contributed by atoms with E-state index in [0.717, 1.165) is 25.9 Å². The minimum atomic E-state index is -0.836. The second kappa shape index (κ2) is 8.39. The van der Waals surface area contributed by atoms with E-state index in [0.29, 0.717) is 13.0 Å². The van der Waals surface area contributed by atoms with Crippen molar-refractivity contribution >= 4 is 17.9 Å². The number of nitrogens with one attached hydrogen (secondary N) is 2. The van der Waals surface area contributed by atoms with E-state index in [-0.39, 0.29) is 30.8 Å². The molecule has 1 aliphatic heterocycles. The highest BCUT2D eigenvalue weighted by atomic mass is 16.4. The van der Waals surface area contributed by atoms with Gasteiger partial charge in [-0.1, -0.05) is 6.92 Å². The highest BCUT2D eigenvalue weighted by molar-refractivity contribution is 5.84. The Hall–Kier alpha value is -1.79. The molecule has 20 heavy (non-hydrogen) atoms. The van der Waals surface area contributed by atoms with Crippen LogP contribution in [0.15, 0.2) is 0 Å². The Morgan fingerprint density at radius 3 is 2.45 bits per heavy atom. The number of carbonyl (C=O) groups excluding carboxylic acids is 2. The first kappa shape index (κ1) is 16.3. The van der Waals surface area contributed by atoms with Crippen molar-refractivity contribution in [2.75, 3.05) is 26.2 Å². The number of carboxylic acids is 1. The van der Waals surface area contributed by atoms with E-state index in [4.69, 9.17) is 5.11 Å². The highest BCUT2D eigenvalue weighted by Crippen LogP contribution is 2.06. The number of likely N-dealkylation sites (tertiary alicyclic amines) is 1. The molecule has 0 aromatic rings. The van der Waals surface area contributed by atoms with Gasteiger partial charge in [0.25, 0.3) is 0 Å². The Morgan fingerprint density at radius 2 is 1.85 bits per heavy atom. The standard InChI is InChI=1S/C13H23N3O4/c1-10(4-5-12(18)19)8-14-13(20)15-9-11(17)16-6-2-3-7-16/h10H,2-9H2,1H3,(H,18,19)(H2,14,15,20). The molecule has 3 N–H and O–H groups in total. The van der Waals surface area contributed by atoms with Crippen molar-refractivity contribution in [2.45, 2.75) is 32.6 Å². The van der Waals surface area contributed by atoms with Crippen LogP contribution in [0.1, 0.15) is 32.6 Å². The predicted octanol–water partition coefficient (Wildman–Crippen LogP) is 0.409. The summed E-state index contributed by atoms with van der Waals surface area (Å²) in [6, 6.07) is -0.389. The number of carboxylic acid groups (broad SMARTS) is 1. The molecule has 0 saturated carbocycles. The second-order valence-corrected chi connectivity index (χ2v) is 5.19. The molecule has 1 atom stereocenters. The van der Waals surface area contributed by atoms with E-state index in [1.165, 1.54) is 0 Å². The second-order valence-electron chi connectivity index (χ2n) is 5.19. The zero-order chi connectivity index (χ0) is 15.0. The average molecular weight is 285 g/mol. The Bertz CT molecular complexity index is 354. The first-order chi connectivity index (χ1) is 9.49. The summed E-state index contributed by atoms with van der Waals surface area (Å²) in [7, 11) is 0. The van der Waals surface area contributed by atoms with Gasteiger partial charge in [-0.15, -0.1) is 0 Å². The van der Waals surface area contributed by atoms with E-state index in [1.54, 1.807) is 4.90 Å². The smallest absolute Gasteiger partial charge is 0.315 e. The van der Waals surface area contributed by atoms with Gasteiger partial charge in [-0.3, -0.25) is 9.59 Å². The fraction of sp³-hybridized carbons (Fsp3) is 0.769. The van der Waals surface area contributed by atoms with E-state index in [1.807, 2.05) is 6.92 Å². The van der Waals surface area contributed by atoms with Gasteiger partial charge in [0.15, 0.2) is 0 Å². The fourth-order valence-electron chi connectivity index (χ4n) is 2.04. The summed E-state index contributed by atoms with van der Waals surface area (Å²) in [5, 5.41) is 13.7. The van der Waals surface area contributed by atoms with Gasteiger partial charge in [0.1, 0.15) is 0 Å². The lowest BCUT2D eigenvalue weighted by atomic mass is 10.1. The van der Waals surface area contributed by atoms with E-state index < -0.39 is 5.97 Å². The van der Waals surface area contributed by atoms with Crippen molar-refractivity contribution in [2.24, 2.45) is 5.92 Å². The van der Waals surface area contributed by atoms with Gasteiger partial charge in [-0.25, -0.2) is 4.79 Å². The molecule has 114 valence electrons. The molecule has 3 amide bonds. The van der Waals surface area contributed by atoms with Crippen molar-refractivity contribution in [1.82, 2.24) is 15.5 Å². The number of urea groups is 1. The Kier molecular flexibility index (Phi) is 6.83. The Labute approximate surface area is 118 Å². The van der Waals surface area contributed by atoms with Crippen LogP contribution in [0.4, 0.5) is 4.79 Å². The van der Waals surface area contributed by atoms with Gasteiger partial charge in [-0.05, 0) is 25.2 Å². The molecule has 1 saturated heterocycles. The van der Waals surface area contributed by atoms with Crippen molar-refractivity contribution in [3.63, 3.8) is 0 Å². The van der Waals surface area contributed by atoms with E-state index in [2.05, 4.69) is 10.6 Å². The van der Waals surface area contributed by atoms with Crippen LogP contribution < -0.4 is 10.6 Å². The molecular formula is C13H23N3O4. The third kappa shape index (κ3) is 6.40. The lowest BCUT2D eigenvalue weighted by molar-refractivity contribution is -0.137. The van der Waals surface area contributed by atoms with Crippen LogP contribution in [0.3, 0.4) is 0 Å². The summed E-state index contributed by atoms with van der Waals surface area (Å²) in [5.41, 5.74) is 0. The van der Waals surface area contributed by atoms with Crippen LogP contribution in [0.25, 0.3) is 0 Å². The molecule has 0 aliphatic carbocycles. The predicted molar refractivity (Wildman–Crippen MR) is 73.2 cm³/mol. The number of amides is 3. The van der Waals surface area contributed by atoms with Crippen LogP contribution in [0.5, 0.6) is 0 Å². The van der Waals surface area contributed by atoms with Gasteiger partial charge in [-0.2, -0.15) is 0 Å². The van der Waals surface area contributed by atoms with Crippen molar-refractivity contribution in [3.05, 3.63) is 0 Å². The van der Waals surface area contributed by atoms with Crippen molar-refractivity contribution < 1.29 is 19.5 Å². The quantitative estimate of drug-likeness (QED) is 0.631. The average Bonchev–Trinajstić information content (AvgIpc) is 2.94. The molecular weight excluding hydrogens is 262 g/mol. The van der Waals surface area contributed by atoms with Gasteiger partial charge in [0, 0.05) is 26.1 Å². The first-order valence-electron chi connectivity index (χ1n) is 7.00. The van der Waals surface area contributed by atoms with E-state index in [9.17, 15) is 14.4 Å². The monoisotopic (exact) mass is 285 g/mol. The van der Waals surface area contributed by atoms with Gasteiger partial charge >= 0.3 is 12.0 Å². The molecule has 0 spiro atoms. The van der Waals surface area contributed by atoms with Gasteiger partial charge in [0.05, 0.1) is 6.54 Å². The Balaban J connectivity index is 2.10. The molecule has 1 rings (SSSR count). The van der Waals surface area contributed by atoms with Crippen LogP contribution >= 0.6 is 0 Å². The molecule has 0 bridgehead atoms. The van der Waals surface area contributed by atoms with Crippen molar-refractivity contribution in [3.8, 4) is 0 Å². The number of carbonyl (C=O) groups is 3. The maximum absolute atomic E-state index is 11.7. The highest BCUT2D eigenvalue weighted by Gasteiger charge is 2.18. The molecule has 1 fully saturated rings. The van der Waals surface area contributed by atoms with Gasteiger partial charge in [0.2, 0.25) is 5.91 Å². The lowest BCUT2D eigenvalue weighted by Gasteiger charge is -2.16. The normalized spacial score (nSPS) is 15.8. The topological polar surface area (TPSA) is 98.7 Å².